The van der Waals surface area contributed by atoms with Crippen molar-refractivity contribution in [1.29, 1.82) is 0 Å². The van der Waals surface area contributed by atoms with Crippen LogP contribution < -0.4 is 5.73 Å². The number of nitrogen functional groups attached to an aromatic ring is 1. The molecule has 0 atom stereocenters. The minimum Gasteiger partial charge on any atom is -0.396 e. The molecule has 0 unspecified atom stereocenters. The van der Waals surface area contributed by atoms with E-state index in [-0.39, 0.29) is 5.15 Å². The lowest BCUT2D eigenvalue weighted by atomic mass is 10.3. The van der Waals surface area contributed by atoms with E-state index in [2.05, 4.69) is 4.98 Å². The van der Waals surface area contributed by atoms with E-state index in [4.69, 9.17) is 17.3 Å². The van der Waals surface area contributed by atoms with Gasteiger partial charge in [-0.2, -0.15) is 0 Å². The molecule has 0 amide bonds. The fourth-order valence-electron chi connectivity index (χ4n) is 0.681. The van der Waals surface area contributed by atoms with E-state index in [1.54, 1.807) is 0 Å². The summed E-state index contributed by atoms with van der Waals surface area (Å²) in [4.78, 5) is 3.09. The van der Waals surface area contributed by atoms with Gasteiger partial charge in [0.25, 0.3) is 6.43 Å². The van der Waals surface area contributed by atoms with Crippen LogP contribution in [0.25, 0.3) is 0 Å². The smallest absolute Gasteiger partial charge is 0.283 e. The molecule has 1 heterocycles. The molecule has 2 nitrogen and oxygen atoms in total. The highest BCUT2D eigenvalue weighted by Gasteiger charge is 2.18. The fraction of sp³-hybridized carbons (Fsp3) is 0.167. The lowest BCUT2D eigenvalue weighted by Crippen LogP contribution is -2.00. The van der Waals surface area contributed by atoms with Crippen molar-refractivity contribution in [3.8, 4) is 0 Å². The van der Waals surface area contributed by atoms with Gasteiger partial charge in [-0.1, -0.05) is 11.6 Å². The normalized spacial score (nSPS) is 10.8. The number of rotatable bonds is 1. The van der Waals surface area contributed by atoms with E-state index >= 15 is 0 Å². The molecule has 0 aliphatic rings. The third-order valence-corrected chi connectivity index (χ3v) is 1.38. The molecule has 0 aliphatic carbocycles. The number of nitrogens with two attached hydrogens (primary N) is 1. The largest absolute Gasteiger partial charge is 0.396 e. The lowest BCUT2D eigenvalue weighted by molar-refractivity contribution is 0.141. The zero-order valence-electron chi connectivity index (χ0n) is 5.69. The number of aromatic nitrogens is 1. The number of pyridine rings is 1. The number of nitrogens with zero attached hydrogens (tertiary/aromatic N) is 1. The summed E-state index contributed by atoms with van der Waals surface area (Å²) in [6.07, 6.45) is -3.01. The highest BCUT2D eigenvalue weighted by molar-refractivity contribution is 6.29. The van der Waals surface area contributed by atoms with Gasteiger partial charge in [0, 0.05) is 6.07 Å². The van der Waals surface area contributed by atoms with Crippen molar-refractivity contribution in [1.82, 2.24) is 4.98 Å². The Kier molecular flexibility index (Phi) is 2.42. The van der Waals surface area contributed by atoms with Gasteiger partial charge in [0.2, 0.25) is 0 Å². The van der Waals surface area contributed by atoms with Crippen LogP contribution in [-0.2, 0) is 0 Å². The first-order valence-corrected chi connectivity index (χ1v) is 3.29. The maximum Gasteiger partial charge on any atom is 0.283 e. The summed E-state index contributed by atoms with van der Waals surface area (Å²) in [7, 11) is 0. The summed E-state index contributed by atoms with van der Waals surface area (Å²) in [5, 5.41) is -0.246. The van der Waals surface area contributed by atoms with Crippen LogP contribution in [0.3, 0.4) is 0 Å². The summed E-state index contributed by atoms with van der Waals surface area (Å²) in [6, 6.07) is 0.975. The Hall–Kier alpha value is -0.970. The van der Waals surface area contributed by atoms with Crippen molar-refractivity contribution in [3.05, 3.63) is 22.7 Å². The topological polar surface area (TPSA) is 38.9 Å². The summed E-state index contributed by atoms with van der Waals surface area (Å²) in [5.74, 6) is -1.21. The van der Waals surface area contributed by atoms with Crippen LogP contribution in [0.5, 0.6) is 0 Å². The molecular weight excluding hydrogens is 193 g/mol. The Morgan fingerprint density at radius 1 is 1.50 bits per heavy atom. The van der Waals surface area contributed by atoms with Crippen LogP contribution in [0.1, 0.15) is 12.1 Å². The molecule has 0 aliphatic heterocycles. The minimum absolute atomic E-state index is 0.246. The van der Waals surface area contributed by atoms with Gasteiger partial charge in [0.15, 0.2) is 5.82 Å². The Morgan fingerprint density at radius 3 is 2.58 bits per heavy atom. The van der Waals surface area contributed by atoms with E-state index < -0.39 is 23.6 Å². The van der Waals surface area contributed by atoms with Gasteiger partial charge >= 0.3 is 0 Å². The lowest BCUT2D eigenvalue weighted by Gasteiger charge is -2.03. The molecule has 0 spiro atoms. The summed E-state index contributed by atoms with van der Waals surface area (Å²) >= 11 is 5.28. The fourth-order valence-corrected chi connectivity index (χ4v) is 0.889. The van der Waals surface area contributed by atoms with Crippen LogP contribution in [0.15, 0.2) is 6.07 Å². The monoisotopic (exact) mass is 196 g/mol. The maximum absolute atomic E-state index is 12.7. The maximum atomic E-state index is 12.7. The van der Waals surface area contributed by atoms with E-state index in [9.17, 15) is 13.2 Å². The van der Waals surface area contributed by atoms with Gasteiger partial charge in [0.05, 0.1) is 5.69 Å². The highest BCUT2D eigenvalue weighted by Crippen LogP contribution is 2.25. The Balaban J connectivity index is 3.28. The van der Waals surface area contributed by atoms with E-state index in [1.165, 1.54) is 0 Å². The third-order valence-electron chi connectivity index (χ3n) is 1.19. The Morgan fingerprint density at radius 2 is 2.08 bits per heavy atom. The molecule has 0 bridgehead atoms. The first kappa shape index (κ1) is 9.12. The van der Waals surface area contributed by atoms with Gasteiger partial charge in [-0.25, -0.2) is 18.2 Å². The summed E-state index contributed by atoms with van der Waals surface area (Å²) in [5.41, 5.74) is 3.59. The molecule has 1 rings (SSSR count). The SMILES string of the molecule is Nc1cc(Cl)nc(C(F)F)c1F. The van der Waals surface area contributed by atoms with Crippen molar-refractivity contribution in [2.24, 2.45) is 0 Å². The Bertz CT molecular complexity index is 303. The zero-order chi connectivity index (χ0) is 9.30. The molecule has 0 aromatic carbocycles. The zero-order valence-corrected chi connectivity index (χ0v) is 6.45. The minimum atomic E-state index is -3.01. The highest BCUT2D eigenvalue weighted by atomic mass is 35.5. The predicted molar refractivity (Wildman–Crippen MR) is 38.6 cm³/mol. The van der Waals surface area contributed by atoms with Gasteiger partial charge in [-0.05, 0) is 0 Å². The molecule has 1 aromatic rings. The molecular formula is C6H4ClF3N2. The molecule has 12 heavy (non-hydrogen) atoms. The number of hydrogen-bond acceptors (Lipinski definition) is 2. The quantitative estimate of drug-likeness (QED) is 0.701. The van der Waals surface area contributed by atoms with E-state index in [1.807, 2.05) is 0 Å². The van der Waals surface area contributed by atoms with Crippen LogP contribution in [-0.4, -0.2) is 4.98 Å². The van der Waals surface area contributed by atoms with Crippen LogP contribution in [0, 0.1) is 5.82 Å². The van der Waals surface area contributed by atoms with Crippen molar-refractivity contribution < 1.29 is 13.2 Å². The standard InChI is InChI=1S/C6H4ClF3N2/c7-3-1-2(11)4(8)5(12-3)6(9)10/h1,6H,(H2,11,12). The second-order valence-electron chi connectivity index (χ2n) is 2.03. The first-order valence-electron chi connectivity index (χ1n) is 2.92. The van der Waals surface area contributed by atoms with E-state index in [0.717, 1.165) is 6.07 Å². The van der Waals surface area contributed by atoms with Crippen molar-refractivity contribution in [3.63, 3.8) is 0 Å². The van der Waals surface area contributed by atoms with Gasteiger partial charge < -0.3 is 5.73 Å². The number of hydrogen-bond donors (Lipinski definition) is 1. The molecule has 0 radical (unpaired) electrons. The molecule has 66 valence electrons. The van der Waals surface area contributed by atoms with E-state index in [0.29, 0.717) is 0 Å². The average Bonchev–Trinajstić information content (AvgIpc) is 1.96. The van der Waals surface area contributed by atoms with Crippen molar-refractivity contribution in [2.75, 3.05) is 5.73 Å². The number of halogens is 4. The number of anilines is 1. The molecule has 0 fully saturated rings. The summed E-state index contributed by atoms with van der Waals surface area (Å²) < 4.78 is 36.6. The molecule has 1 aromatic heterocycles. The molecule has 0 saturated carbocycles. The Labute approximate surface area is 71.2 Å². The molecule has 6 heteroatoms. The van der Waals surface area contributed by atoms with Crippen LogP contribution >= 0.6 is 11.6 Å². The molecule has 2 N–H and O–H groups in total. The van der Waals surface area contributed by atoms with Gasteiger partial charge in [-0.3, -0.25) is 0 Å². The first-order chi connectivity index (χ1) is 5.52. The molecule has 0 saturated heterocycles. The second kappa shape index (κ2) is 3.18. The van der Waals surface area contributed by atoms with Crippen LogP contribution in [0.4, 0.5) is 18.9 Å². The van der Waals surface area contributed by atoms with Gasteiger partial charge in [-0.15, -0.1) is 0 Å². The average molecular weight is 197 g/mol. The third kappa shape index (κ3) is 1.61. The van der Waals surface area contributed by atoms with Crippen LogP contribution in [0.2, 0.25) is 5.15 Å². The predicted octanol–water partition coefficient (Wildman–Crippen LogP) is 2.39. The summed E-state index contributed by atoms with van der Waals surface area (Å²) in [6.45, 7) is 0. The van der Waals surface area contributed by atoms with Gasteiger partial charge in [0.1, 0.15) is 10.8 Å². The second-order valence-corrected chi connectivity index (χ2v) is 2.42. The van der Waals surface area contributed by atoms with Crippen molar-refractivity contribution >= 4 is 17.3 Å². The number of alkyl halides is 2. The van der Waals surface area contributed by atoms with Crippen molar-refractivity contribution in [2.45, 2.75) is 6.43 Å².